The van der Waals surface area contributed by atoms with Crippen LogP contribution in [0.5, 0.6) is 17.2 Å². The Hall–Kier alpha value is -1.46. The van der Waals surface area contributed by atoms with Gasteiger partial charge < -0.3 is 24.3 Å². The molecule has 0 amide bonds. The maximum atomic E-state index is 5.80. The molecule has 0 aliphatic rings. The monoisotopic (exact) mass is 297 g/mol. The Bertz CT molecular complexity index is 384. The maximum Gasteiger partial charge on any atom is 0.203 e. The summed E-state index contributed by atoms with van der Waals surface area (Å²) in [7, 11) is 4.98. The summed E-state index contributed by atoms with van der Waals surface area (Å²) in [4.78, 5) is 0. The molecule has 0 radical (unpaired) electrons. The van der Waals surface area contributed by atoms with Crippen molar-refractivity contribution in [1.29, 1.82) is 0 Å². The van der Waals surface area contributed by atoms with Gasteiger partial charge in [-0.1, -0.05) is 13.3 Å². The second-order valence-corrected chi connectivity index (χ2v) is 4.70. The normalized spacial score (nSPS) is 10.5. The van der Waals surface area contributed by atoms with Crippen LogP contribution in [0.3, 0.4) is 0 Å². The Morgan fingerprint density at radius 2 is 1.67 bits per heavy atom. The van der Waals surface area contributed by atoms with E-state index < -0.39 is 0 Å². The predicted molar refractivity (Wildman–Crippen MR) is 83.5 cm³/mol. The first-order valence-corrected chi connectivity index (χ1v) is 7.34. The molecule has 0 spiro atoms. The Kier molecular flexibility index (Phi) is 8.62. The van der Waals surface area contributed by atoms with Crippen LogP contribution in [0.15, 0.2) is 12.1 Å². The fourth-order valence-corrected chi connectivity index (χ4v) is 1.90. The van der Waals surface area contributed by atoms with E-state index in [4.69, 9.17) is 18.9 Å². The maximum absolute atomic E-state index is 5.80. The predicted octanol–water partition coefficient (Wildman–Crippen LogP) is 2.62. The lowest BCUT2D eigenvalue weighted by Gasteiger charge is -2.16. The zero-order valence-corrected chi connectivity index (χ0v) is 13.5. The lowest BCUT2D eigenvalue weighted by molar-refractivity contribution is 0.199. The topological polar surface area (TPSA) is 49.0 Å². The zero-order valence-electron chi connectivity index (χ0n) is 13.5. The quantitative estimate of drug-likeness (QED) is 0.636. The van der Waals surface area contributed by atoms with Crippen molar-refractivity contribution in [3.8, 4) is 17.2 Å². The molecule has 0 saturated heterocycles. The van der Waals surface area contributed by atoms with Gasteiger partial charge >= 0.3 is 0 Å². The first kappa shape index (κ1) is 17.6. The van der Waals surface area contributed by atoms with Crippen molar-refractivity contribution in [1.82, 2.24) is 5.32 Å². The molecule has 0 saturated carbocycles. The van der Waals surface area contributed by atoms with E-state index in [1.807, 2.05) is 12.1 Å². The number of benzene rings is 1. The number of rotatable bonds is 11. The van der Waals surface area contributed by atoms with Crippen LogP contribution >= 0.6 is 0 Å². The van der Waals surface area contributed by atoms with Crippen LogP contribution in [0.25, 0.3) is 0 Å². The summed E-state index contributed by atoms with van der Waals surface area (Å²) < 4.78 is 21.7. The van der Waals surface area contributed by atoms with E-state index in [0.717, 1.165) is 31.5 Å². The highest BCUT2D eigenvalue weighted by Gasteiger charge is 2.14. The minimum Gasteiger partial charge on any atom is -0.493 e. The highest BCUT2D eigenvalue weighted by Crippen LogP contribution is 2.38. The molecule has 0 bridgehead atoms. The van der Waals surface area contributed by atoms with Crippen LogP contribution in [0.1, 0.15) is 25.3 Å². The molecule has 0 aromatic heterocycles. The summed E-state index contributed by atoms with van der Waals surface area (Å²) in [5, 5.41) is 3.30. The zero-order chi connectivity index (χ0) is 15.5. The van der Waals surface area contributed by atoms with Gasteiger partial charge in [-0.05, 0) is 24.1 Å². The summed E-state index contributed by atoms with van der Waals surface area (Å²) in [6.45, 7) is 5.01. The van der Waals surface area contributed by atoms with E-state index >= 15 is 0 Å². The van der Waals surface area contributed by atoms with Crippen LogP contribution in [0.4, 0.5) is 0 Å². The molecule has 1 rings (SSSR count). The Labute approximate surface area is 127 Å². The Morgan fingerprint density at radius 1 is 1.00 bits per heavy atom. The number of nitrogens with one attached hydrogen (secondary N) is 1. The molecule has 0 aliphatic heterocycles. The van der Waals surface area contributed by atoms with Gasteiger partial charge in [0.2, 0.25) is 5.75 Å². The van der Waals surface area contributed by atoms with Gasteiger partial charge in [0.25, 0.3) is 0 Å². The van der Waals surface area contributed by atoms with Crippen molar-refractivity contribution in [3.63, 3.8) is 0 Å². The first-order valence-electron chi connectivity index (χ1n) is 7.34. The van der Waals surface area contributed by atoms with Crippen molar-refractivity contribution in [2.24, 2.45) is 0 Å². The molecule has 0 heterocycles. The molecule has 5 heteroatoms. The van der Waals surface area contributed by atoms with Gasteiger partial charge in [0.1, 0.15) is 0 Å². The summed E-state index contributed by atoms with van der Waals surface area (Å²) in [5.41, 5.74) is 1.09. The molecule has 1 N–H and O–H groups in total. The molecule has 0 atom stereocenters. The molecule has 120 valence electrons. The minimum absolute atomic E-state index is 0.661. The Balaban J connectivity index is 2.79. The molecule has 0 aliphatic carbocycles. The van der Waals surface area contributed by atoms with Crippen molar-refractivity contribution >= 4 is 0 Å². The number of hydrogen-bond acceptors (Lipinski definition) is 5. The molecular formula is C16H27NO4. The fraction of sp³-hybridized carbons (Fsp3) is 0.625. The number of methoxy groups -OCH3 is 3. The first-order chi connectivity index (χ1) is 10.3. The third-order valence-electron chi connectivity index (χ3n) is 3.08. The third kappa shape index (κ3) is 5.81. The average Bonchev–Trinajstić information content (AvgIpc) is 2.52. The standard InChI is InChI=1S/C16H27NO4/c1-5-6-8-21-16-14(19-3)10-13(11-15(16)20-4)12-17-7-9-18-2/h10-11,17H,5-9,12H2,1-4H3. The van der Waals surface area contributed by atoms with Gasteiger partial charge in [-0.2, -0.15) is 0 Å². The molecule has 5 nitrogen and oxygen atoms in total. The third-order valence-corrected chi connectivity index (χ3v) is 3.08. The van der Waals surface area contributed by atoms with E-state index in [1.165, 1.54) is 0 Å². The van der Waals surface area contributed by atoms with Gasteiger partial charge in [0.15, 0.2) is 11.5 Å². The number of ether oxygens (including phenoxy) is 4. The SMILES string of the molecule is CCCCOc1c(OC)cc(CNCCOC)cc1OC. The van der Waals surface area contributed by atoms with Crippen LogP contribution in [-0.2, 0) is 11.3 Å². The van der Waals surface area contributed by atoms with Crippen molar-refractivity contribution in [3.05, 3.63) is 17.7 Å². The van der Waals surface area contributed by atoms with E-state index in [0.29, 0.717) is 30.5 Å². The number of hydrogen-bond donors (Lipinski definition) is 1. The van der Waals surface area contributed by atoms with Crippen LogP contribution in [-0.4, -0.2) is 41.1 Å². The molecule has 0 unspecified atom stereocenters. The largest absolute Gasteiger partial charge is 0.493 e. The minimum atomic E-state index is 0.661. The summed E-state index contributed by atoms with van der Waals surface area (Å²) in [5.74, 6) is 2.08. The van der Waals surface area contributed by atoms with E-state index in [1.54, 1.807) is 21.3 Å². The molecule has 21 heavy (non-hydrogen) atoms. The number of unbranched alkanes of at least 4 members (excludes halogenated alkanes) is 1. The van der Waals surface area contributed by atoms with Crippen LogP contribution in [0.2, 0.25) is 0 Å². The molecule has 1 aromatic rings. The summed E-state index contributed by atoms with van der Waals surface area (Å²) in [6.07, 6.45) is 2.10. The van der Waals surface area contributed by atoms with Gasteiger partial charge in [0.05, 0.1) is 27.4 Å². The van der Waals surface area contributed by atoms with Crippen LogP contribution < -0.4 is 19.5 Å². The van der Waals surface area contributed by atoms with E-state index in [-0.39, 0.29) is 0 Å². The van der Waals surface area contributed by atoms with Gasteiger partial charge in [-0.25, -0.2) is 0 Å². The van der Waals surface area contributed by atoms with Gasteiger partial charge in [-0.15, -0.1) is 0 Å². The average molecular weight is 297 g/mol. The lowest BCUT2D eigenvalue weighted by atomic mass is 10.1. The fourth-order valence-electron chi connectivity index (χ4n) is 1.90. The van der Waals surface area contributed by atoms with Gasteiger partial charge in [-0.3, -0.25) is 0 Å². The van der Waals surface area contributed by atoms with Crippen LogP contribution in [0, 0.1) is 0 Å². The summed E-state index contributed by atoms with van der Waals surface area (Å²) >= 11 is 0. The van der Waals surface area contributed by atoms with Crippen molar-refractivity contribution in [2.75, 3.05) is 41.1 Å². The highest BCUT2D eigenvalue weighted by atomic mass is 16.5. The molecular weight excluding hydrogens is 270 g/mol. The molecule has 1 aromatic carbocycles. The lowest BCUT2D eigenvalue weighted by Crippen LogP contribution is -2.18. The second-order valence-electron chi connectivity index (χ2n) is 4.70. The van der Waals surface area contributed by atoms with E-state index in [9.17, 15) is 0 Å². The van der Waals surface area contributed by atoms with Gasteiger partial charge in [0, 0.05) is 20.2 Å². The van der Waals surface area contributed by atoms with Crippen molar-refractivity contribution in [2.45, 2.75) is 26.3 Å². The Morgan fingerprint density at radius 3 is 2.19 bits per heavy atom. The second kappa shape index (κ2) is 10.3. The molecule has 0 fully saturated rings. The van der Waals surface area contributed by atoms with E-state index in [2.05, 4.69) is 12.2 Å². The summed E-state index contributed by atoms with van der Waals surface area (Å²) in [6, 6.07) is 3.95. The van der Waals surface area contributed by atoms with Crippen molar-refractivity contribution < 1.29 is 18.9 Å². The smallest absolute Gasteiger partial charge is 0.203 e. The highest BCUT2D eigenvalue weighted by molar-refractivity contribution is 5.53.